The van der Waals surface area contributed by atoms with Gasteiger partial charge in [-0.2, -0.15) is 11.8 Å². The molecule has 1 saturated carbocycles. The first-order valence-corrected chi connectivity index (χ1v) is 6.94. The van der Waals surface area contributed by atoms with Crippen LogP contribution in [0.2, 0.25) is 0 Å². The van der Waals surface area contributed by atoms with E-state index in [2.05, 4.69) is 4.98 Å². The first-order chi connectivity index (χ1) is 8.56. The first kappa shape index (κ1) is 11.8. The number of imidazole rings is 1. The smallest absolute Gasteiger partial charge is 0.201 e. The highest BCUT2D eigenvalue weighted by atomic mass is 32.2. The Kier molecular flexibility index (Phi) is 2.52. The first-order valence-electron chi connectivity index (χ1n) is 5.71. The summed E-state index contributed by atoms with van der Waals surface area (Å²) >= 11 is 1.74. The van der Waals surface area contributed by atoms with Gasteiger partial charge in [0, 0.05) is 11.3 Å². The van der Waals surface area contributed by atoms with Gasteiger partial charge in [-0.15, -0.1) is 0 Å². The average molecular weight is 269 g/mol. The van der Waals surface area contributed by atoms with Crippen LogP contribution in [0.25, 0.3) is 11.0 Å². The van der Waals surface area contributed by atoms with Gasteiger partial charge in [0.2, 0.25) is 5.95 Å². The Hall–Kier alpha value is -1.30. The number of benzene rings is 1. The number of halogens is 2. The molecular weight excluding hydrogens is 256 g/mol. The van der Waals surface area contributed by atoms with E-state index < -0.39 is 11.6 Å². The van der Waals surface area contributed by atoms with E-state index >= 15 is 0 Å². The summed E-state index contributed by atoms with van der Waals surface area (Å²) in [5.74, 6) is -1.49. The summed E-state index contributed by atoms with van der Waals surface area (Å²) in [6.45, 7) is 0.580. The molecule has 0 aliphatic heterocycles. The fraction of sp³-hybridized carbons (Fsp3) is 0.417. The predicted molar refractivity (Wildman–Crippen MR) is 69.5 cm³/mol. The van der Waals surface area contributed by atoms with Crippen LogP contribution in [0.1, 0.15) is 12.8 Å². The third-order valence-corrected chi connectivity index (χ3v) is 4.92. The molecule has 1 aromatic carbocycles. The van der Waals surface area contributed by atoms with E-state index in [0.29, 0.717) is 12.1 Å². The van der Waals surface area contributed by atoms with Crippen molar-refractivity contribution < 1.29 is 8.78 Å². The molecule has 6 heteroatoms. The van der Waals surface area contributed by atoms with Crippen molar-refractivity contribution in [2.45, 2.75) is 24.1 Å². The lowest BCUT2D eigenvalue weighted by molar-refractivity contribution is 0.510. The van der Waals surface area contributed by atoms with Crippen LogP contribution < -0.4 is 5.73 Å². The van der Waals surface area contributed by atoms with Crippen molar-refractivity contribution in [3.63, 3.8) is 0 Å². The van der Waals surface area contributed by atoms with Crippen LogP contribution in [0.3, 0.4) is 0 Å². The zero-order valence-corrected chi connectivity index (χ0v) is 10.7. The molecule has 0 amide bonds. The summed E-state index contributed by atoms with van der Waals surface area (Å²) in [7, 11) is 0. The van der Waals surface area contributed by atoms with Gasteiger partial charge in [-0.05, 0) is 31.2 Å². The van der Waals surface area contributed by atoms with Gasteiger partial charge in [-0.1, -0.05) is 0 Å². The number of rotatable bonds is 3. The highest BCUT2D eigenvalue weighted by Gasteiger charge is 2.43. The van der Waals surface area contributed by atoms with Crippen LogP contribution in [0.15, 0.2) is 12.1 Å². The van der Waals surface area contributed by atoms with Crippen molar-refractivity contribution in [1.82, 2.24) is 9.55 Å². The average Bonchev–Trinajstić information content (AvgIpc) is 3.06. The van der Waals surface area contributed by atoms with Crippen molar-refractivity contribution >= 4 is 28.7 Å². The molecule has 0 radical (unpaired) electrons. The molecule has 18 heavy (non-hydrogen) atoms. The number of nitrogen functional groups attached to an aromatic ring is 1. The molecule has 0 unspecified atom stereocenters. The van der Waals surface area contributed by atoms with Gasteiger partial charge < -0.3 is 10.3 Å². The molecule has 3 rings (SSSR count). The number of fused-ring (bicyclic) bond motifs is 1. The van der Waals surface area contributed by atoms with Crippen LogP contribution in [-0.4, -0.2) is 20.6 Å². The monoisotopic (exact) mass is 269 g/mol. The summed E-state index contributed by atoms with van der Waals surface area (Å²) in [4.78, 5) is 4.09. The number of hydrogen-bond acceptors (Lipinski definition) is 3. The summed E-state index contributed by atoms with van der Waals surface area (Å²) < 4.78 is 28.9. The van der Waals surface area contributed by atoms with Gasteiger partial charge in [0.25, 0.3) is 0 Å². The Bertz CT molecular complexity index is 619. The number of anilines is 1. The minimum Gasteiger partial charge on any atom is -0.369 e. The Morgan fingerprint density at radius 2 is 2.17 bits per heavy atom. The van der Waals surface area contributed by atoms with Gasteiger partial charge in [0.05, 0.1) is 5.52 Å². The van der Waals surface area contributed by atoms with E-state index in [1.807, 2.05) is 6.26 Å². The van der Waals surface area contributed by atoms with Crippen LogP contribution in [-0.2, 0) is 6.54 Å². The van der Waals surface area contributed by atoms with Gasteiger partial charge in [-0.3, -0.25) is 0 Å². The van der Waals surface area contributed by atoms with E-state index in [9.17, 15) is 8.78 Å². The molecule has 2 N–H and O–H groups in total. The number of hydrogen-bond donors (Lipinski definition) is 1. The molecule has 1 aliphatic rings. The molecule has 1 aromatic heterocycles. The molecule has 0 saturated heterocycles. The SMILES string of the molecule is CSC1(Cn2c(N)nc3ccc(F)c(F)c32)CC1. The standard InChI is InChI=1S/C12H13F2N3S/c1-18-12(4-5-12)6-17-10-8(16-11(17)15)3-2-7(13)9(10)14/h2-3H,4-6H2,1H3,(H2,15,16). The topological polar surface area (TPSA) is 43.8 Å². The van der Waals surface area contributed by atoms with Crippen molar-refractivity contribution in [2.75, 3.05) is 12.0 Å². The normalized spacial score (nSPS) is 17.3. The van der Waals surface area contributed by atoms with Crippen LogP contribution in [0.5, 0.6) is 0 Å². The minimum absolute atomic E-state index is 0.112. The van der Waals surface area contributed by atoms with E-state index in [1.54, 1.807) is 16.3 Å². The Morgan fingerprint density at radius 1 is 1.44 bits per heavy atom. The third kappa shape index (κ3) is 1.67. The highest BCUT2D eigenvalue weighted by molar-refractivity contribution is 8.00. The van der Waals surface area contributed by atoms with Gasteiger partial charge in [-0.25, -0.2) is 13.8 Å². The fourth-order valence-corrected chi connectivity index (χ4v) is 2.96. The lowest BCUT2D eigenvalue weighted by Crippen LogP contribution is -2.16. The lowest BCUT2D eigenvalue weighted by Gasteiger charge is -2.14. The third-order valence-electron chi connectivity index (χ3n) is 3.52. The fourth-order valence-electron chi connectivity index (χ4n) is 2.19. The molecule has 2 aromatic rings. The van der Waals surface area contributed by atoms with Crippen molar-refractivity contribution in [3.05, 3.63) is 23.8 Å². The second-order valence-corrected chi connectivity index (χ2v) is 5.95. The largest absolute Gasteiger partial charge is 0.369 e. The van der Waals surface area contributed by atoms with Crippen molar-refractivity contribution in [2.24, 2.45) is 0 Å². The maximum atomic E-state index is 13.9. The number of nitrogens with two attached hydrogens (primary N) is 1. The van der Waals surface area contributed by atoms with E-state index in [-0.39, 0.29) is 16.2 Å². The quantitative estimate of drug-likeness (QED) is 0.931. The molecule has 96 valence electrons. The summed E-state index contributed by atoms with van der Waals surface area (Å²) in [6, 6.07) is 2.54. The zero-order chi connectivity index (χ0) is 12.9. The van der Waals surface area contributed by atoms with Gasteiger partial charge in [0.15, 0.2) is 11.6 Å². The zero-order valence-electron chi connectivity index (χ0n) is 9.91. The predicted octanol–water partition coefficient (Wildman–Crippen LogP) is 2.79. The highest BCUT2D eigenvalue weighted by Crippen LogP contribution is 2.49. The van der Waals surface area contributed by atoms with Crippen molar-refractivity contribution in [3.8, 4) is 0 Å². The van der Waals surface area contributed by atoms with Gasteiger partial charge >= 0.3 is 0 Å². The molecule has 1 fully saturated rings. The Morgan fingerprint density at radius 3 is 2.78 bits per heavy atom. The maximum absolute atomic E-state index is 13.9. The number of thioether (sulfide) groups is 1. The van der Waals surface area contributed by atoms with Crippen LogP contribution in [0.4, 0.5) is 14.7 Å². The molecule has 3 nitrogen and oxygen atoms in total. The van der Waals surface area contributed by atoms with Crippen LogP contribution >= 0.6 is 11.8 Å². The molecule has 0 spiro atoms. The molecule has 1 heterocycles. The number of aromatic nitrogens is 2. The van der Waals surface area contributed by atoms with Gasteiger partial charge in [0.1, 0.15) is 5.52 Å². The molecule has 0 bridgehead atoms. The van der Waals surface area contributed by atoms with E-state index in [0.717, 1.165) is 18.9 Å². The summed E-state index contributed by atoms with van der Waals surface area (Å²) in [5, 5.41) is 0. The Labute approximate surface area is 107 Å². The minimum atomic E-state index is -0.867. The van der Waals surface area contributed by atoms with E-state index in [4.69, 9.17) is 5.73 Å². The lowest BCUT2D eigenvalue weighted by atomic mass is 10.3. The number of nitrogens with zero attached hydrogens (tertiary/aromatic N) is 2. The van der Waals surface area contributed by atoms with Crippen LogP contribution in [0, 0.1) is 11.6 Å². The second kappa shape index (κ2) is 3.85. The molecule has 1 aliphatic carbocycles. The maximum Gasteiger partial charge on any atom is 0.201 e. The summed E-state index contributed by atoms with van der Waals surface area (Å²) in [6.07, 6.45) is 4.17. The second-order valence-electron chi connectivity index (χ2n) is 4.67. The molecule has 0 atom stereocenters. The summed E-state index contributed by atoms with van der Waals surface area (Å²) in [5.41, 5.74) is 6.40. The Balaban J connectivity index is 2.15. The molecular formula is C12H13F2N3S. The van der Waals surface area contributed by atoms with Crippen molar-refractivity contribution in [1.29, 1.82) is 0 Å². The van der Waals surface area contributed by atoms with E-state index in [1.165, 1.54) is 6.07 Å².